The van der Waals surface area contributed by atoms with Gasteiger partial charge in [-0.15, -0.1) is 0 Å². The van der Waals surface area contributed by atoms with Gasteiger partial charge in [-0.05, 0) is 34.2 Å². The third-order valence-electron chi connectivity index (χ3n) is 2.65. The quantitative estimate of drug-likeness (QED) is 0.684. The lowest BCUT2D eigenvalue weighted by atomic mass is 10.1. The second-order valence-electron chi connectivity index (χ2n) is 4.55. The van der Waals surface area contributed by atoms with Gasteiger partial charge in [-0.25, -0.2) is 0 Å². The van der Waals surface area contributed by atoms with Crippen LogP contribution in [0, 0.1) is 0 Å². The van der Waals surface area contributed by atoms with Crippen molar-refractivity contribution in [2.24, 2.45) is 0 Å². The van der Waals surface area contributed by atoms with Crippen molar-refractivity contribution in [1.82, 2.24) is 10.2 Å². The summed E-state index contributed by atoms with van der Waals surface area (Å²) in [5, 5.41) is 12.1. The lowest BCUT2D eigenvalue weighted by Crippen LogP contribution is -2.45. The molecule has 0 radical (unpaired) electrons. The molecule has 1 atom stereocenters. The summed E-state index contributed by atoms with van der Waals surface area (Å²) in [6.45, 7) is 8.64. The van der Waals surface area contributed by atoms with Crippen LogP contribution in [-0.2, 0) is 4.79 Å². The summed E-state index contributed by atoms with van der Waals surface area (Å²) in [5.41, 5.74) is -1.28. The van der Waals surface area contributed by atoms with E-state index in [4.69, 9.17) is 0 Å². The Kier molecular flexibility index (Phi) is 5.83. The SMILES string of the molecule is CCC(C)N(C)CCNC(=O)C(C)(C)O. The van der Waals surface area contributed by atoms with Crippen molar-refractivity contribution in [3.63, 3.8) is 0 Å². The zero-order chi connectivity index (χ0) is 12.1. The summed E-state index contributed by atoms with van der Waals surface area (Å²) in [7, 11) is 2.03. The van der Waals surface area contributed by atoms with Crippen molar-refractivity contribution in [3.8, 4) is 0 Å². The molecule has 1 unspecified atom stereocenters. The van der Waals surface area contributed by atoms with E-state index in [0.717, 1.165) is 13.0 Å². The van der Waals surface area contributed by atoms with E-state index in [9.17, 15) is 9.90 Å². The summed E-state index contributed by atoms with van der Waals surface area (Å²) >= 11 is 0. The number of carbonyl (C=O) groups excluding carboxylic acids is 1. The molecule has 0 aromatic carbocycles. The average Bonchev–Trinajstić information content (AvgIpc) is 2.14. The van der Waals surface area contributed by atoms with Gasteiger partial charge in [0.15, 0.2) is 0 Å². The van der Waals surface area contributed by atoms with Crippen molar-refractivity contribution < 1.29 is 9.90 Å². The van der Waals surface area contributed by atoms with Gasteiger partial charge < -0.3 is 15.3 Å². The second kappa shape index (κ2) is 6.08. The molecular formula is C11H24N2O2. The van der Waals surface area contributed by atoms with E-state index < -0.39 is 5.60 Å². The standard InChI is InChI=1S/C11H24N2O2/c1-6-9(2)13(5)8-7-12-10(14)11(3,4)15/h9,15H,6-8H2,1-5H3,(H,12,14). The number of nitrogens with one attached hydrogen (secondary N) is 1. The predicted octanol–water partition coefficient (Wildman–Crippen LogP) is 0.604. The van der Waals surface area contributed by atoms with E-state index in [1.165, 1.54) is 13.8 Å². The highest BCUT2D eigenvalue weighted by atomic mass is 16.3. The van der Waals surface area contributed by atoms with Crippen LogP contribution in [0.5, 0.6) is 0 Å². The minimum Gasteiger partial charge on any atom is -0.381 e. The number of nitrogens with zero attached hydrogens (tertiary/aromatic N) is 1. The van der Waals surface area contributed by atoms with Crippen LogP contribution >= 0.6 is 0 Å². The van der Waals surface area contributed by atoms with Gasteiger partial charge in [0.25, 0.3) is 5.91 Å². The van der Waals surface area contributed by atoms with Crippen LogP contribution in [0.4, 0.5) is 0 Å². The van der Waals surface area contributed by atoms with Crippen molar-refractivity contribution in [2.75, 3.05) is 20.1 Å². The maximum Gasteiger partial charge on any atom is 0.251 e. The molecule has 0 rings (SSSR count). The number of amides is 1. The Morgan fingerprint density at radius 2 is 2.07 bits per heavy atom. The van der Waals surface area contributed by atoms with Gasteiger partial charge in [-0.3, -0.25) is 4.79 Å². The summed E-state index contributed by atoms with van der Waals surface area (Å²) < 4.78 is 0. The number of likely N-dealkylation sites (N-methyl/N-ethyl adjacent to an activating group) is 1. The summed E-state index contributed by atoms with van der Waals surface area (Å²) in [4.78, 5) is 13.5. The van der Waals surface area contributed by atoms with Crippen LogP contribution in [0.2, 0.25) is 0 Å². The largest absolute Gasteiger partial charge is 0.381 e. The number of hydrogen-bond acceptors (Lipinski definition) is 3. The average molecular weight is 216 g/mol. The highest BCUT2D eigenvalue weighted by Crippen LogP contribution is 2.01. The molecule has 0 saturated carbocycles. The molecule has 0 spiro atoms. The number of carbonyl (C=O) groups is 1. The molecule has 0 aliphatic heterocycles. The Hall–Kier alpha value is -0.610. The topological polar surface area (TPSA) is 52.6 Å². The molecule has 90 valence electrons. The van der Waals surface area contributed by atoms with E-state index in [2.05, 4.69) is 24.1 Å². The van der Waals surface area contributed by atoms with Crippen LogP contribution in [-0.4, -0.2) is 47.7 Å². The van der Waals surface area contributed by atoms with Gasteiger partial charge in [0, 0.05) is 19.1 Å². The molecule has 0 aliphatic rings. The molecule has 0 heterocycles. The van der Waals surface area contributed by atoms with Crippen molar-refractivity contribution in [2.45, 2.75) is 45.8 Å². The van der Waals surface area contributed by atoms with Crippen LogP contribution in [0.25, 0.3) is 0 Å². The Balaban J connectivity index is 3.76. The highest BCUT2D eigenvalue weighted by molar-refractivity contribution is 5.83. The fraction of sp³-hybridized carbons (Fsp3) is 0.909. The van der Waals surface area contributed by atoms with Crippen LogP contribution in [0.15, 0.2) is 0 Å². The Bertz CT molecular complexity index is 199. The molecule has 15 heavy (non-hydrogen) atoms. The third-order valence-corrected chi connectivity index (χ3v) is 2.65. The number of rotatable bonds is 6. The van der Waals surface area contributed by atoms with E-state index in [0.29, 0.717) is 12.6 Å². The van der Waals surface area contributed by atoms with E-state index >= 15 is 0 Å². The normalized spacial score (nSPS) is 14.1. The number of hydrogen-bond donors (Lipinski definition) is 2. The van der Waals surface area contributed by atoms with E-state index in [-0.39, 0.29) is 5.91 Å². The third kappa shape index (κ3) is 5.74. The molecule has 4 nitrogen and oxygen atoms in total. The number of aliphatic hydroxyl groups is 1. The molecular weight excluding hydrogens is 192 g/mol. The molecule has 0 fully saturated rings. The van der Waals surface area contributed by atoms with Crippen molar-refractivity contribution >= 4 is 5.91 Å². The fourth-order valence-electron chi connectivity index (χ4n) is 1.09. The van der Waals surface area contributed by atoms with Crippen molar-refractivity contribution in [3.05, 3.63) is 0 Å². The summed E-state index contributed by atoms with van der Waals surface area (Å²) in [5.74, 6) is -0.319. The molecule has 0 aromatic heterocycles. The van der Waals surface area contributed by atoms with E-state index in [1.54, 1.807) is 0 Å². The monoisotopic (exact) mass is 216 g/mol. The van der Waals surface area contributed by atoms with Gasteiger partial charge in [-0.2, -0.15) is 0 Å². The van der Waals surface area contributed by atoms with Gasteiger partial charge in [-0.1, -0.05) is 6.92 Å². The van der Waals surface area contributed by atoms with Gasteiger partial charge in [0.2, 0.25) is 0 Å². The molecule has 4 heteroatoms. The van der Waals surface area contributed by atoms with Gasteiger partial charge >= 0.3 is 0 Å². The maximum absolute atomic E-state index is 11.3. The first-order chi connectivity index (χ1) is 6.79. The molecule has 0 aliphatic carbocycles. The molecule has 2 N–H and O–H groups in total. The van der Waals surface area contributed by atoms with Gasteiger partial charge in [0.1, 0.15) is 5.60 Å². The first-order valence-electron chi connectivity index (χ1n) is 5.50. The van der Waals surface area contributed by atoms with Crippen molar-refractivity contribution in [1.29, 1.82) is 0 Å². The lowest BCUT2D eigenvalue weighted by Gasteiger charge is -2.24. The first kappa shape index (κ1) is 14.4. The maximum atomic E-state index is 11.3. The molecule has 0 bridgehead atoms. The first-order valence-corrected chi connectivity index (χ1v) is 5.50. The highest BCUT2D eigenvalue weighted by Gasteiger charge is 2.22. The zero-order valence-electron chi connectivity index (χ0n) is 10.5. The fourth-order valence-corrected chi connectivity index (χ4v) is 1.09. The van der Waals surface area contributed by atoms with E-state index in [1.807, 2.05) is 7.05 Å². The lowest BCUT2D eigenvalue weighted by molar-refractivity contribution is -0.136. The van der Waals surface area contributed by atoms with Gasteiger partial charge in [0.05, 0.1) is 0 Å². The summed E-state index contributed by atoms with van der Waals surface area (Å²) in [6.07, 6.45) is 1.09. The minimum atomic E-state index is -1.28. The summed E-state index contributed by atoms with van der Waals surface area (Å²) in [6, 6.07) is 0.518. The molecule has 0 saturated heterocycles. The second-order valence-corrected chi connectivity index (χ2v) is 4.55. The molecule has 1 amide bonds. The smallest absolute Gasteiger partial charge is 0.251 e. The zero-order valence-corrected chi connectivity index (χ0v) is 10.5. The van der Waals surface area contributed by atoms with Crippen LogP contribution < -0.4 is 5.32 Å². The van der Waals surface area contributed by atoms with Crippen LogP contribution in [0.3, 0.4) is 0 Å². The molecule has 0 aromatic rings. The Morgan fingerprint density at radius 1 is 1.53 bits per heavy atom. The minimum absolute atomic E-state index is 0.319. The Morgan fingerprint density at radius 3 is 2.47 bits per heavy atom. The Labute approximate surface area is 92.7 Å². The van der Waals surface area contributed by atoms with Crippen LogP contribution in [0.1, 0.15) is 34.1 Å². The predicted molar refractivity (Wildman–Crippen MR) is 61.7 cm³/mol.